The lowest BCUT2D eigenvalue weighted by Crippen LogP contribution is -2.05. The molecular formula is C19H21NO4. The van der Waals surface area contributed by atoms with Crippen LogP contribution in [0.25, 0.3) is 5.57 Å². The van der Waals surface area contributed by atoms with E-state index in [9.17, 15) is 4.79 Å². The Hall–Kier alpha value is -2.95. The number of hydrogen-bond acceptors (Lipinski definition) is 4. The fraction of sp³-hybridized carbons (Fsp3) is 0.211. The summed E-state index contributed by atoms with van der Waals surface area (Å²) in [6.45, 7) is 5.63. The molecule has 2 rings (SSSR count). The molecule has 126 valence electrons. The summed E-state index contributed by atoms with van der Waals surface area (Å²) in [5.41, 5.74) is 3.22. The number of methoxy groups -OCH3 is 3. The number of benzene rings is 2. The van der Waals surface area contributed by atoms with Gasteiger partial charge in [0.15, 0.2) is 11.5 Å². The molecule has 0 heterocycles. The number of ether oxygens (including phenoxy) is 3. The molecule has 2 aromatic carbocycles. The highest BCUT2D eigenvalue weighted by Gasteiger charge is 2.15. The van der Waals surface area contributed by atoms with Crippen LogP contribution in [0.4, 0.5) is 5.69 Å². The third-order valence-corrected chi connectivity index (χ3v) is 3.54. The summed E-state index contributed by atoms with van der Waals surface area (Å²) in [6, 6.07) is 11.2. The Kier molecular flexibility index (Phi) is 5.47. The van der Waals surface area contributed by atoms with E-state index in [1.54, 1.807) is 21.3 Å². The van der Waals surface area contributed by atoms with Crippen LogP contribution in [0.15, 0.2) is 43.0 Å². The fourth-order valence-electron chi connectivity index (χ4n) is 2.41. The second kappa shape index (κ2) is 7.55. The lowest BCUT2D eigenvalue weighted by molar-refractivity contribution is -0.114. The Bertz CT molecular complexity index is 743. The largest absolute Gasteiger partial charge is 0.493 e. The normalized spacial score (nSPS) is 10.0. The van der Waals surface area contributed by atoms with Gasteiger partial charge in [0.1, 0.15) is 0 Å². The molecule has 1 amide bonds. The second-order valence-corrected chi connectivity index (χ2v) is 5.15. The third kappa shape index (κ3) is 3.68. The topological polar surface area (TPSA) is 56.8 Å². The Balaban J connectivity index is 2.44. The molecule has 0 aromatic heterocycles. The number of hydrogen-bond donors (Lipinski definition) is 1. The summed E-state index contributed by atoms with van der Waals surface area (Å²) < 4.78 is 16.1. The van der Waals surface area contributed by atoms with Gasteiger partial charge < -0.3 is 19.5 Å². The molecule has 0 bridgehead atoms. The number of anilines is 1. The predicted molar refractivity (Wildman–Crippen MR) is 95.0 cm³/mol. The van der Waals surface area contributed by atoms with Gasteiger partial charge in [0.05, 0.1) is 21.3 Å². The van der Waals surface area contributed by atoms with Gasteiger partial charge in [0.2, 0.25) is 11.7 Å². The van der Waals surface area contributed by atoms with Gasteiger partial charge in [-0.1, -0.05) is 18.7 Å². The van der Waals surface area contributed by atoms with Crippen molar-refractivity contribution in [1.29, 1.82) is 0 Å². The molecule has 0 radical (unpaired) electrons. The van der Waals surface area contributed by atoms with E-state index in [1.807, 2.05) is 36.4 Å². The zero-order valence-electron chi connectivity index (χ0n) is 14.3. The van der Waals surface area contributed by atoms with Crippen molar-refractivity contribution in [2.75, 3.05) is 26.6 Å². The van der Waals surface area contributed by atoms with Gasteiger partial charge in [0.25, 0.3) is 0 Å². The lowest BCUT2D eigenvalue weighted by atomic mass is 9.98. The first-order valence-electron chi connectivity index (χ1n) is 7.37. The van der Waals surface area contributed by atoms with E-state index in [2.05, 4.69) is 11.9 Å². The fourth-order valence-corrected chi connectivity index (χ4v) is 2.41. The Morgan fingerprint density at radius 3 is 2.08 bits per heavy atom. The van der Waals surface area contributed by atoms with Crippen LogP contribution in [-0.4, -0.2) is 27.2 Å². The lowest BCUT2D eigenvalue weighted by Gasteiger charge is -2.15. The van der Waals surface area contributed by atoms with E-state index in [4.69, 9.17) is 14.2 Å². The number of carbonyl (C=O) groups excluding carboxylic acids is 1. The minimum Gasteiger partial charge on any atom is -0.493 e. The first-order valence-corrected chi connectivity index (χ1v) is 7.37. The molecule has 0 aliphatic carbocycles. The molecule has 0 unspecified atom stereocenters. The molecule has 2 aromatic rings. The second-order valence-electron chi connectivity index (χ2n) is 5.15. The molecule has 5 nitrogen and oxygen atoms in total. The van der Waals surface area contributed by atoms with Crippen LogP contribution in [0, 0.1) is 0 Å². The standard InChI is InChI=1S/C19H21NO4/c1-12(14-7-6-8-16(9-14)20-13(2)21)15-10-17(22-3)19(24-5)18(11-15)23-4/h6-11H,1H2,2-5H3,(H,20,21). The van der Waals surface area contributed by atoms with Crippen LogP contribution in [0.3, 0.4) is 0 Å². The van der Waals surface area contributed by atoms with Crippen molar-refractivity contribution in [3.05, 3.63) is 54.1 Å². The number of carbonyl (C=O) groups is 1. The van der Waals surface area contributed by atoms with Gasteiger partial charge in [-0.15, -0.1) is 0 Å². The summed E-state index contributed by atoms with van der Waals surface area (Å²) in [7, 11) is 4.70. The highest BCUT2D eigenvalue weighted by atomic mass is 16.5. The van der Waals surface area contributed by atoms with Crippen LogP contribution in [0.1, 0.15) is 18.1 Å². The molecule has 1 N–H and O–H groups in total. The Morgan fingerprint density at radius 2 is 1.58 bits per heavy atom. The van der Waals surface area contributed by atoms with Gasteiger partial charge >= 0.3 is 0 Å². The monoisotopic (exact) mass is 327 g/mol. The molecule has 0 saturated heterocycles. The Morgan fingerprint density at radius 1 is 0.958 bits per heavy atom. The van der Waals surface area contributed by atoms with Crippen molar-refractivity contribution in [2.45, 2.75) is 6.92 Å². The van der Waals surface area contributed by atoms with Gasteiger partial charge in [-0.05, 0) is 41.0 Å². The molecule has 0 atom stereocenters. The maximum atomic E-state index is 11.2. The third-order valence-electron chi connectivity index (χ3n) is 3.54. The summed E-state index contributed by atoms with van der Waals surface area (Å²) >= 11 is 0. The first-order chi connectivity index (χ1) is 11.5. The van der Waals surface area contributed by atoms with Gasteiger partial charge in [0, 0.05) is 12.6 Å². The van der Waals surface area contributed by atoms with E-state index < -0.39 is 0 Å². The van der Waals surface area contributed by atoms with E-state index >= 15 is 0 Å². The number of amides is 1. The predicted octanol–water partition coefficient (Wildman–Crippen LogP) is 3.73. The van der Waals surface area contributed by atoms with Crippen LogP contribution < -0.4 is 19.5 Å². The molecule has 0 spiro atoms. The zero-order chi connectivity index (χ0) is 17.7. The van der Waals surface area contributed by atoms with Gasteiger partial charge in [-0.25, -0.2) is 0 Å². The first kappa shape index (κ1) is 17.4. The van der Waals surface area contributed by atoms with Crippen molar-refractivity contribution < 1.29 is 19.0 Å². The molecular weight excluding hydrogens is 306 g/mol. The smallest absolute Gasteiger partial charge is 0.221 e. The van der Waals surface area contributed by atoms with Crippen LogP contribution >= 0.6 is 0 Å². The van der Waals surface area contributed by atoms with E-state index in [0.717, 1.165) is 16.7 Å². The van der Waals surface area contributed by atoms with Crippen LogP contribution in [0.5, 0.6) is 17.2 Å². The van der Waals surface area contributed by atoms with Crippen LogP contribution in [0.2, 0.25) is 0 Å². The summed E-state index contributed by atoms with van der Waals surface area (Å²) in [6.07, 6.45) is 0. The van der Waals surface area contributed by atoms with Crippen LogP contribution in [-0.2, 0) is 4.79 Å². The number of rotatable bonds is 6. The Labute approximate surface area is 141 Å². The average molecular weight is 327 g/mol. The SMILES string of the molecule is C=C(c1cccc(NC(C)=O)c1)c1cc(OC)c(OC)c(OC)c1. The van der Waals surface area contributed by atoms with Crippen molar-refractivity contribution in [3.63, 3.8) is 0 Å². The van der Waals surface area contributed by atoms with E-state index in [1.165, 1.54) is 6.92 Å². The van der Waals surface area contributed by atoms with E-state index in [-0.39, 0.29) is 5.91 Å². The molecule has 0 saturated carbocycles. The van der Waals surface area contributed by atoms with Crippen molar-refractivity contribution in [1.82, 2.24) is 0 Å². The summed E-state index contributed by atoms with van der Waals surface area (Å²) in [5.74, 6) is 1.53. The minimum atomic E-state index is -0.120. The summed E-state index contributed by atoms with van der Waals surface area (Å²) in [4.78, 5) is 11.2. The molecule has 24 heavy (non-hydrogen) atoms. The van der Waals surface area contributed by atoms with Crippen molar-refractivity contribution in [3.8, 4) is 17.2 Å². The average Bonchev–Trinajstić information content (AvgIpc) is 2.59. The molecule has 0 fully saturated rings. The van der Waals surface area contributed by atoms with Gasteiger partial charge in [-0.3, -0.25) is 4.79 Å². The molecule has 0 aliphatic heterocycles. The summed E-state index contributed by atoms with van der Waals surface area (Å²) in [5, 5.41) is 2.77. The highest BCUT2D eigenvalue weighted by molar-refractivity contribution is 5.90. The minimum absolute atomic E-state index is 0.120. The maximum Gasteiger partial charge on any atom is 0.221 e. The number of nitrogens with one attached hydrogen (secondary N) is 1. The van der Waals surface area contributed by atoms with Gasteiger partial charge in [-0.2, -0.15) is 0 Å². The molecule has 5 heteroatoms. The highest BCUT2D eigenvalue weighted by Crippen LogP contribution is 2.40. The molecule has 0 aliphatic rings. The zero-order valence-corrected chi connectivity index (χ0v) is 14.3. The quantitative estimate of drug-likeness (QED) is 0.878. The maximum absolute atomic E-state index is 11.2. The van der Waals surface area contributed by atoms with E-state index in [0.29, 0.717) is 22.9 Å². The van der Waals surface area contributed by atoms with Crippen molar-refractivity contribution >= 4 is 17.2 Å². The van der Waals surface area contributed by atoms with Crippen molar-refractivity contribution in [2.24, 2.45) is 0 Å².